The lowest BCUT2D eigenvalue weighted by Crippen LogP contribution is -2.13. The molecule has 104 valence electrons. The molecule has 0 heterocycles. The van der Waals surface area contributed by atoms with Gasteiger partial charge in [0, 0.05) is 5.56 Å². The number of hydrogen-bond acceptors (Lipinski definition) is 1. The predicted molar refractivity (Wildman–Crippen MR) is 65.4 cm³/mol. The molecule has 0 unspecified atom stereocenters. The van der Waals surface area contributed by atoms with Gasteiger partial charge in [-0.1, -0.05) is 24.3 Å². The number of amides is 1. The highest BCUT2D eigenvalue weighted by Gasteiger charge is 2.30. The Balaban J connectivity index is 2.58. The van der Waals surface area contributed by atoms with E-state index >= 15 is 0 Å². The standard InChI is InChI=1S/C14H9F4NO/c15-12-10(5-2-6-11(12)13(19)20)8-3-1-4-9(7-8)14(16,17)18/h1-7H,(H2,19,20). The number of halogens is 4. The smallest absolute Gasteiger partial charge is 0.366 e. The summed E-state index contributed by atoms with van der Waals surface area (Å²) in [7, 11) is 0. The fourth-order valence-electron chi connectivity index (χ4n) is 1.81. The van der Waals surface area contributed by atoms with E-state index in [0.717, 1.165) is 12.1 Å². The van der Waals surface area contributed by atoms with Crippen molar-refractivity contribution in [2.24, 2.45) is 5.73 Å². The molecule has 0 aliphatic rings. The van der Waals surface area contributed by atoms with E-state index in [-0.39, 0.29) is 16.7 Å². The monoisotopic (exact) mass is 283 g/mol. The van der Waals surface area contributed by atoms with Crippen molar-refractivity contribution in [3.05, 3.63) is 59.4 Å². The molecule has 2 N–H and O–H groups in total. The van der Waals surface area contributed by atoms with Crippen molar-refractivity contribution in [2.45, 2.75) is 6.18 Å². The van der Waals surface area contributed by atoms with Crippen LogP contribution in [-0.2, 0) is 6.18 Å². The molecule has 0 aliphatic heterocycles. The van der Waals surface area contributed by atoms with Crippen LogP contribution in [0.2, 0.25) is 0 Å². The van der Waals surface area contributed by atoms with Gasteiger partial charge in [-0.3, -0.25) is 4.79 Å². The van der Waals surface area contributed by atoms with Gasteiger partial charge < -0.3 is 5.73 Å². The van der Waals surface area contributed by atoms with Crippen LogP contribution in [0.15, 0.2) is 42.5 Å². The number of benzene rings is 2. The van der Waals surface area contributed by atoms with E-state index in [1.807, 2.05) is 0 Å². The largest absolute Gasteiger partial charge is 0.416 e. The zero-order valence-electron chi connectivity index (χ0n) is 10.0. The van der Waals surface area contributed by atoms with E-state index in [0.29, 0.717) is 0 Å². The summed E-state index contributed by atoms with van der Waals surface area (Å²) in [5.74, 6) is -1.91. The molecule has 6 heteroatoms. The van der Waals surface area contributed by atoms with Crippen LogP contribution in [-0.4, -0.2) is 5.91 Å². The van der Waals surface area contributed by atoms with Gasteiger partial charge in [-0.05, 0) is 23.8 Å². The molecule has 0 radical (unpaired) electrons. The zero-order chi connectivity index (χ0) is 14.9. The molecule has 0 bridgehead atoms. The minimum absolute atomic E-state index is 0.0282. The van der Waals surface area contributed by atoms with Crippen LogP contribution < -0.4 is 5.73 Å². The summed E-state index contributed by atoms with van der Waals surface area (Å²) >= 11 is 0. The topological polar surface area (TPSA) is 43.1 Å². The normalized spacial score (nSPS) is 11.4. The molecule has 2 rings (SSSR count). The number of alkyl halides is 3. The Labute approximate surface area is 111 Å². The quantitative estimate of drug-likeness (QED) is 0.841. The van der Waals surface area contributed by atoms with Gasteiger partial charge in [0.2, 0.25) is 0 Å². The molecule has 2 aromatic rings. The SMILES string of the molecule is NC(=O)c1cccc(-c2cccc(C(F)(F)F)c2)c1F. The maximum atomic E-state index is 14.1. The summed E-state index contributed by atoms with van der Waals surface area (Å²) in [6, 6.07) is 8.04. The highest BCUT2D eigenvalue weighted by atomic mass is 19.4. The fraction of sp³-hybridized carbons (Fsp3) is 0.0714. The maximum absolute atomic E-state index is 14.1. The van der Waals surface area contributed by atoms with Gasteiger partial charge in [-0.15, -0.1) is 0 Å². The molecule has 0 aliphatic carbocycles. The van der Waals surface area contributed by atoms with E-state index in [9.17, 15) is 22.4 Å². The maximum Gasteiger partial charge on any atom is 0.416 e. The van der Waals surface area contributed by atoms with Gasteiger partial charge in [0.15, 0.2) is 0 Å². The Morgan fingerprint density at radius 1 is 1.05 bits per heavy atom. The first-order valence-corrected chi connectivity index (χ1v) is 5.56. The van der Waals surface area contributed by atoms with Gasteiger partial charge in [-0.2, -0.15) is 13.2 Å². The summed E-state index contributed by atoms with van der Waals surface area (Å²) in [5, 5.41) is 0. The average Bonchev–Trinajstić information content (AvgIpc) is 2.38. The molecule has 2 nitrogen and oxygen atoms in total. The fourth-order valence-corrected chi connectivity index (χ4v) is 1.81. The first-order chi connectivity index (χ1) is 9.30. The third-order valence-corrected chi connectivity index (χ3v) is 2.77. The highest BCUT2D eigenvalue weighted by molar-refractivity contribution is 5.94. The van der Waals surface area contributed by atoms with Crippen LogP contribution in [0.5, 0.6) is 0 Å². The second-order valence-electron chi connectivity index (χ2n) is 4.11. The van der Waals surface area contributed by atoms with Crippen molar-refractivity contribution in [3.63, 3.8) is 0 Å². The van der Waals surface area contributed by atoms with E-state index in [1.165, 1.54) is 30.3 Å². The summed E-state index contributed by atoms with van der Waals surface area (Å²) in [6.45, 7) is 0. The molecule has 0 spiro atoms. The lowest BCUT2D eigenvalue weighted by Gasteiger charge is -2.10. The summed E-state index contributed by atoms with van der Waals surface area (Å²) in [4.78, 5) is 11.0. The molecule has 2 aromatic carbocycles. The third kappa shape index (κ3) is 2.64. The number of hydrogen-bond donors (Lipinski definition) is 1. The Hall–Kier alpha value is -2.37. The van der Waals surface area contributed by atoms with Gasteiger partial charge in [0.05, 0.1) is 11.1 Å². The van der Waals surface area contributed by atoms with Crippen molar-refractivity contribution in [1.82, 2.24) is 0 Å². The first kappa shape index (κ1) is 14.0. The molecule has 0 atom stereocenters. The van der Waals surface area contributed by atoms with Crippen LogP contribution >= 0.6 is 0 Å². The Kier molecular flexibility index (Phi) is 3.48. The minimum Gasteiger partial charge on any atom is -0.366 e. The van der Waals surface area contributed by atoms with E-state index < -0.39 is 23.5 Å². The molecule has 0 saturated carbocycles. The molecular formula is C14H9F4NO. The summed E-state index contributed by atoms with van der Waals surface area (Å²) in [6.07, 6.45) is -4.52. The van der Waals surface area contributed by atoms with Crippen molar-refractivity contribution in [2.75, 3.05) is 0 Å². The van der Waals surface area contributed by atoms with Crippen LogP contribution in [0.1, 0.15) is 15.9 Å². The Morgan fingerprint density at radius 3 is 2.30 bits per heavy atom. The molecule has 0 fully saturated rings. The second-order valence-corrected chi connectivity index (χ2v) is 4.11. The third-order valence-electron chi connectivity index (χ3n) is 2.77. The van der Waals surface area contributed by atoms with E-state index in [4.69, 9.17) is 5.73 Å². The van der Waals surface area contributed by atoms with Crippen molar-refractivity contribution in [3.8, 4) is 11.1 Å². The number of nitrogens with two attached hydrogens (primary N) is 1. The summed E-state index contributed by atoms with van der Waals surface area (Å²) < 4.78 is 51.9. The number of carbonyl (C=O) groups excluding carboxylic acids is 1. The molecule has 1 amide bonds. The van der Waals surface area contributed by atoms with Crippen molar-refractivity contribution in [1.29, 1.82) is 0 Å². The Bertz CT molecular complexity index is 664. The van der Waals surface area contributed by atoms with Gasteiger partial charge in [0.25, 0.3) is 5.91 Å². The first-order valence-electron chi connectivity index (χ1n) is 5.56. The molecule has 0 aromatic heterocycles. The summed E-state index contributed by atoms with van der Waals surface area (Å²) in [5.41, 5.74) is 3.67. The number of carbonyl (C=O) groups is 1. The van der Waals surface area contributed by atoms with Crippen molar-refractivity contribution < 1.29 is 22.4 Å². The van der Waals surface area contributed by atoms with Crippen LogP contribution in [0.3, 0.4) is 0 Å². The molecular weight excluding hydrogens is 274 g/mol. The van der Waals surface area contributed by atoms with E-state index in [1.54, 1.807) is 0 Å². The van der Waals surface area contributed by atoms with Gasteiger partial charge >= 0.3 is 6.18 Å². The van der Waals surface area contributed by atoms with Crippen LogP contribution in [0.25, 0.3) is 11.1 Å². The number of rotatable bonds is 2. The average molecular weight is 283 g/mol. The van der Waals surface area contributed by atoms with Gasteiger partial charge in [0.1, 0.15) is 5.82 Å². The Morgan fingerprint density at radius 2 is 1.70 bits per heavy atom. The van der Waals surface area contributed by atoms with E-state index in [2.05, 4.69) is 0 Å². The van der Waals surface area contributed by atoms with Crippen LogP contribution in [0, 0.1) is 5.82 Å². The number of primary amides is 1. The molecule has 20 heavy (non-hydrogen) atoms. The second kappa shape index (κ2) is 4.96. The lowest BCUT2D eigenvalue weighted by molar-refractivity contribution is -0.137. The molecule has 0 saturated heterocycles. The highest BCUT2D eigenvalue weighted by Crippen LogP contribution is 2.33. The predicted octanol–water partition coefficient (Wildman–Crippen LogP) is 3.61. The zero-order valence-corrected chi connectivity index (χ0v) is 10.0. The van der Waals surface area contributed by atoms with Gasteiger partial charge in [-0.25, -0.2) is 4.39 Å². The van der Waals surface area contributed by atoms with Crippen molar-refractivity contribution >= 4 is 5.91 Å². The minimum atomic E-state index is -4.52. The lowest BCUT2D eigenvalue weighted by atomic mass is 10.00. The van der Waals surface area contributed by atoms with Crippen LogP contribution in [0.4, 0.5) is 17.6 Å².